The van der Waals surface area contributed by atoms with E-state index < -0.39 is 5.97 Å². The van der Waals surface area contributed by atoms with Crippen LogP contribution in [0.25, 0.3) is 0 Å². The third-order valence-electron chi connectivity index (χ3n) is 2.68. The van der Waals surface area contributed by atoms with Gasteiger partial charge in [0.15, 0.2) is 0 Å². The first-order valence-electron chi connectivity index (χ1n) is 6.24. The smallest absolute Gasteiger partial charge is 0.409 e. The van der Waals surface area contributed by atoms with E-state index in [1.807, 2.05) is 13.8 Å². The third-order valence-corrected chi connectivity index (χ3v) is 2.68. The van der Waals surface area contributed by atoms with Crippen LogP contribution in [0.3, 0.4) is 0 Å². The lowest BCUT2D eigenvalue weighted by molar-refractivity contribution is -0.145. The van der Waals surface area contributed by atoms with E-state index in [4.69, 9.17) is 14.6 Å². The molecule has 0 aliphatic carbocycles. The maximum Gasteiger partial charge on any atom is 0.409 e. The molecule has 1 amide bonds. The Morgan fingerprint density at radius 3 is 2.44 bits per heavy atom. The quantitative estimate of drug-likeness (QED) is 0.806. The zero-order valence-corrected chi connectivity index (χ0v) is 10.9. The van der Waals surface area contributed by atoms with Crippen molar-refractivity contribution in [2.24, 2.45) is 5.92 Å². The van der Waals surface area contributed by atoms with Gasteiger partial charge >= 0.3 is 12.1 Å². The minimum atomic E-state index is -0.964. The fraction of sp³-hybridized carbons (Fsp3) is 0.833. The number of ether oxygens (including phenoxy) is 2. The first kappa shape index (κ1) is 14.8. The van der Waals surface area contributed by atoms with E-state index in [9.17, 15) is 9.59 Å². The molecule has 0 aromatic carbocycles. The first-order valence-corrected chi connectivity index (χ1v) is 6.24. The number of carbonyl (C=O) groups is 2. The van der Waals surface area contributed by atoms with Crippen LogP contribution in [0.15, 0.2) is 0 Å². The number of carboxylic acid groups (broad SMARTS) is 1. The summed E-state index contributed by atoms with van der Waals surface area (Å²) in [5, 5.41) is 8.50. The second-order valence-corrected chi connectivity index (χ2v) is 4.86. The van der Waals surface area contributed by atoms with Crippen molar-refractivity contribution >= 4 is 12.1 Å². The lowest BCUT2D eigenvalue weighted by Gasteiger charge is -2.31. The van der Waals surface area contributed by atoms with Crippen LogP contribution in [0.2, 0.25) is 0 Å². The average molecular weight is 259 g/mol. The maximum absolute atomic E-state index is 11.6. The molecule has 0 radical (unpaired) electrons. The number of hydrogen-bond acceptors (Lipinski definition) is 4. The van der Waals surface area contributed by atoms with Crippen LogP contribution < -0.4 is 0 Å². The summed E-state index contributed by atoms with van der Waals surface area (Å²) in [5.74, 6) is -0.640. The molecule has 0 unspecified atom stereocenters. The molecule has 1 N–H and O–H groups in total. The molecule has 6 nitrogen and oxygen atoms in total. The molecule has 0 aromatic rings. The van der Waals surface area contributed by atoms with Gasteiger partial charge in [0.2, 0.25) is 0 Å². The highest BCUT2D eigenvalue weighted by Crippen LogP contribution is 2.14. The van der Waals surface area contributed by atoms with Crippen molar-refractivity contribution in [1.29, 1.82) is 0 Å². The van der Waals surface area contributed by atoms with Crippen molar-refractivity contribution in [3.05, 3.63) is 0 Å². The Balaban J connectivity index is 2.22. The van der Waals surface area contributed by atoms with Gasteiger partial charge in [-0.3, -0.25) is 0 Å². The highest BCUT2D eigenvalue weighted by atomic mass is 16.6. The second-order valence-electron chi connectivity index (χ2n) is 4.86. The average Bonchev–Trinajstić information content (AvgIpc) is 2.34. The van der Waals surface area contributed by atoms with E-state index in [1.165, 1.54) is 0 Å². The van der Waals surface area contributed by atoms with E-state index >= 15 is 0 Å². The molecule has 0 saturated carbocycles. The van der Waals surface area contributed by atoms with Gasteiger partial charge in [-0.25, -0.2) is 9.59 Å². The van der Waals surface area contributed by atoms with Crippen LogP contribution in [0.1, 0.15) is 26.7 Å². The summed E-state index contributed by atoms with van der Waals surface area (Å²) in [6.45, 7) is 5.23. The Labute approximate surface area is 107 Å². The summed E-state index contributed by atoms with van der Waals surface area (Å²) >= 11 is 0. The molecule has 0 spiro atoms. The number of likely N-dealkylation sites (tertiary alicyclic amines) is 1. The van der Waals surface area contributed by atoms with Crippen molar-refractivity contribution in [2.75, 3.05) is 26.3 Å². The zero-order chi connectivity index (χ0) is 13.5. The number of aliphatic carboxylic acids is 1. The minimum absolute atomic E-state index is 0.0738. The summed E-state index contributed by atoms with van der Waals surface area (Å²) in [6.07, 6.45) is 0.948. The van der Waals surface area contributed by atoms with Crippen LogP contribution >= 0.6 is 0 Å². The van der Waals surface area contributed by atoms with Crippen molar-refractivity contribution < 1.29 is 24.2 Å². The summed E-state index contributed by atoms with van der Waals surface area (Å²) in [5.41, 5.74) is 0. The number of amides is 1. The molecule has 0 aromatic heterocycles. The lowest BCUT2D eigenvalue weighted by atomic mass is 10.1. The molecule has 18 heavy (non-hydrogen) atoms. The molecule has 0 bridgehead atoms. The van der Waals surface area contributed by atoms with Crippen LogP contribution in [0.4, 0.5) is 4.79 Å². The molecule has 1 saturated heterocycles. The molecule has 1 rings (SSSR count). The SMILES string of the molecule is CC(C)COC(=O)N1CCC(OCC(=O)O)CC1. The van der Waals surface area contributed by atoms with Gasteiger partial charge in [-0.2, -0.15) is 0 Å². The fourth-order valence-corrected chi connectivity index (χ4v) is 1.72. The van der Waals surface area contributed by atoms with Gasteiger partial charge in [-0.05, 0) is 18.8 Å². The summed E-state index contributed by atoms with van der Waals surface area (Å²) in [4.78, 5) is 23.6. The summed E-state index contributed by atoms with van der Waals surface area (Å²) in [6, 6.07) is 0. The van der Waals surface area contributed by atoms with E-state index in [1.54, 1.807) is 4.90 Å². The standard InChI is InChI=1S/C12H21NO5/c1-9(2)7-18-12(16)13-5-3-10(4-6-13)17-8-11(14)15/h9-10H,3-8H2,1-2H3,(H,14,15). The van der Waals surface area contributed by atoms with Gasteiger partial charge in [0, 0.05) is 13.1 Å². The number of nitrogens with zero attached hydrogens (tertiary/aromatic N) is 1. The number of piperidine rings is 1. The van der Waals surface area contributed by atoms with Crippen LogP contribution in [0, 0.1) is 5.92 Å². The maximum atomic E-state index is 11.6. The Bertz CT molecular complexity index is 284. The number of hydrogen-bond donors (Lipinski definition) is 1. The molecule has 1 fully saturated rings. The Kier molecular flexibility index (Phi) is 5.91. The zero-order valence-electron chi connectivity index (χ0n) is 10.9. The third kappa shape index (κ3) is 5.35. The van der Waals surface area contributed by atoms with Crippen molar-refractivity contribution in [2.45, 2.75) is 32.8 Å². The van der Waals surface area contributed by atoms with Gasteiger partial charge in [-0.1, -0.05) is 13.8 Å². The van der Waals surface area contributed by atoms with Crippen LogP contribution in [0.5, 0.6) is 0 Å². The largest absolute Gasteiger partial charge is 0.480 e. The minimum Gasteiger partial charge on any atom is -0.480 e. The first-order chi connectivity index (χ1) is 8.49. The molecular weight excluding hydrogens is 238 g/mol. The van der Waals surface area contributed by atoms with Crippen molar-refractivity contribution in [1.82, 2.24) is 4.90 Å². The number of rotatable bonds is 5. The molecule has 1 aliphatic rings. The van der Waals surface area contributed by atoms with Gasteiger partial charge in [-0.15, -0.1) is 0 Å². The van der Waals surface area contributed by atoms with Gasteiger partial charge in [0.25, 0.3) is 0 Å². The Morgan fingerprint density at radius 1 is 1.33 bits per heavy atom. The normalized spacial score (nSPS) is 16.9. The molecule has 6 heteroatoms. The Morgan fingerprint density at radius 2 is 1.94 bits per heavy atom. The van der Waals surface area contributed by atoms with E-state index in [0.717, 1.165) is 0 Å². The molecule has 104 valence electrons. The molecule has 1 aliphatic heterocycles. The monoisotopic (exact) mass is 259 g/mol. The highest BCUT2D eigenvalue weighted by Gasteiger charge is 2.24. The number of carbonyl (C=O) groups excluding carboxylic acids is 1. The lowest BCUT2D eigenvalue weighted by Crippen LogP contribution is -2.41. The predicted octanol–water partition coefficient (Wildman–Crippen LogP) is 1.34. The molecule has 1 heterocycles. The van der Waals surface area contributed by atoms with Gasteiger partial charge in [0.05, 0.1) is 12.7 Å². The topological polar surface area (TPSA) is 76.1 Å². The molecule has 0 atom stereocenters. The predicted molar refractivity (Wildman–Crippen MR) is 64.4 cm³/mol. The number of carboxylic acids is 1. The summed E-state index contributed by atoms with van der Waals surface area (Å²) < 4.78 is 10.3. The fourth-order valence-electron chi connectivity index (χ4n) is 1.72. The summed E-state index contributed by atoms with van der Waals surface area (Å²) in [7, 11) is 0. The van der Waals surface area contributed by atoms with Crippen LogP contribution in [-0.4, -0.2) is 54.5 Å². The Hall–Kier alpha value is -1.30. The van der Waals surface area contributed by atoms with Crippen LogP contribution in [-0.2, 0) is 14.3 Å². The second kappa shape index (κ2) is 7.20. The van der Waals surface area contributed by atoms with Crippen molar-refractivity contribution in [3.63, 3.8) is 0 Å². The van der Waals surface area contributed by atoms with E-state index in [-0.39, 0.29) is 18.8 Å². The van der Waals surface area contributed by atoms with Gasteiger partial charge < -0.3 is 19.5 Å². The van der Waals surface area contributed by atoms with Crippen molar-refractivity contribution in [3.8, 4) is 0 Å². The van der Waals surface area contributed by atoms with Gasteiger partial charge in [0.1, 0.15) is 6.61 Å². The molecular formula is C12H21NO5. The van der Waals surface area contributed by atoms with E-state index in [2.05, 4.69) is 0 Å². The highest BCUT2D eigenvalue weighted by molar-refractivity contribution is 5.68. The van der Waals surface area contributed by atoms with E-state index in [0.29, 0.717) is 38.5 Å².